The van der Waals surface area contributed by atoms with Crippen LogP contribution in [0.4, 0.5) is 23.8 Å². The van der Waals surface area contributed by atoms with Crippen LogP contribution in [-0.4, -0.2) is 31.7 Å². The van der Waals surface area contributed by atoms with Crippen LogP contribution in [0.15, 0.2) is 36.7 Å². The van der Waals surface area contributed by atoms with Crippen LogP contribution in [0.2, 0.25) is 0 Å². The number of anilines is 1. The first-order valence-electron chi connectivity index (χ1n) is 9.03. The molecule has 6 nitrogen and oxygen atoms in total. The molecule has 0 bridgehead atoms. The van der Waals surface area contributed by atoms with Crippen molar-refractivity contribution in [2.75, 3.05) is 5.32 Å². The second kappa shape index (κ2) is 7.23. The summed E-state index contributed by atoms with van der Waals surface area (Å²) in [6.07, 6.45) is 2.57. The minimum Gasteiger partial charge on any atom is -0.314 e. The van der Waals surface area contributed by atoms with Gasteiger partial charge >= 0.3 is 6.03 Å². The largest absolute Gasteiger partial charge is 0.323 e. The monoisotopic (exact) mass is 401 g/mol. The Morgan fingerprint density at radius 2 is 1.93 bits per heavy atom. The molecular weight excluding hydrogens is 383 g/mol. The lowest BCUT2D eigenvalue weighted by Crippen LogP contribution is -2.47. The van der Waals surface area contributed by atoms with Crippen LogP contribution in [0, 0.1) is 24.4 Å². The second-order valence-corrected chi connectivity index (χ2v) is 7.04. The van der Waals surface area contributed by atoms with Gasteiger partial charge in [0.1, 0.15) is 23.3 Å². The smallest absolute Gasteiger partial charge is 0.314 e. The van der Waals surface area contributed by atoms with E-state index >= 15 is 0 Å². The topological polar surface area (TPSA) is 63.1 Å². The van der Waals surface area contributed by atoms with E-state index in [1.807, 2.05) is 6.92 Å². The lowest BCUT2D eigenvalue weighted by molar-refractivity contribution is 0.161. The maximum atomic E-state index is 14.3. The predicted octanol–water partition coefficient (Wildman–Crippen LogP) is 4.11. The number of aryl methyl sites for hydroxylation is 1. The van der Waals surface area contributed by atoms with Gasteiger partial charge in [-0.25, -0.2) is 22.9 Å². The highest BCUT2D eigenvalue weighted by Crippen LogP contribution is 2.31. The van der Waals surface area contributed by atoms with E-state index in [0.717, 1.165) is 12.3 Å². The number of amides is 2. The molecule has 9 heteroatoms. The van der Waals surface area contributed by atoms with Crippen LogP contribution in [0.5, 0.6) is 0 Å². The van der Waals surface area contributed by atoms with Crippen molar-refractivity contribution >= 4 is 11.8 Å². The van der Waals surface area contributed by atoms with Gasteiger partial charge in [0.15, 0.2) is 0 Å². The van der Waals surface area contributed by atoms with Crippen LogP contribution in [0.3, 0.4) is 0 Å². The number of halogens is 3. The summed E-state index contributed by atoms with van der Waals surface area (Å²) in [5.41, 5.74) is 1.74. The molecule has 29 heavy (non-hydrogen) atoms. The SMILES string of the molecule is Cc1cc(NC(=O)N2Cc3c(-c4ccc(F)cc4F)cnn3CC2C)ncc1F. The molecular formula is C20H18F3N5O. The first-order valence-corrected chi connectivity index (χ1v) is 9.03. The third-order valence-corrected chi connectivity index (χ3v) is 5.00. The third kappa shape index (κ3) is 3.55. The van der Waals surface area contributed by atoms with E-state index in [4.69, 9.17) is 0 Å². The fourth-order valence-corrected chi connectivity index (χ4v) is 3.39. The number of nitrogens with zero attached hydrogens (tertiary/aromatic N) is 4. The Balaban J connectivity index is 1.61. The zero-order valence-corrected chi connectivity index (χ0v) is 15.8. The van der Waals surface area contributed by atoms with Gasteiger partial charge in [-0.3, -0.25) is 10.00 Å². The molecule has 0 aliphatic carbocycles. The summed E-state index contributed by atoms with van der Waals surface area (Å²) in [4.78, 5) is 18.2. The summed E-state index contributed by atoms with van der Waals surface area (Å²) in [6, 6.07) is 4.21. The van der Waals surface area contributed by atoms with E-state index in [1.165, 1.54) is 24.4 Å². The quantitative estimate of drug-likeness (QED) is 0.703. The van der Waals surface area contributed by atoms with E-state index in [1.54, 1.807) is 16.5 Å². The Morgan fingerprint density at radius 1 is 1.14 bits per heavy atom. The van der Waals surface area contributed by atoms with E-state index in [2.05, 4.69) is 15.4 Å². The number of benzene rings is 1. The third-order valence-electron chi connectivity index (χ3n) is 5.00. The van der Waals surface area contributed by atoms with Crippen LogP contribution >= 0.6 is 0 Å². The molecule has 0 spiro atoms. The van der Waals surface area contributed by atoms with Crippen molar-refractivity contribution in [3.63, 3.8) is 0 Å². The molecule has 1 aliphatic rings. The van der Waals surface area contributed by atoms with Crippen LogP contribution < -0.4 is 5.32 Å². The van der Waals surface area contributed by atoms with Gasteiger partial charge in [0.05, 0.1) is 37.2 Å². The normalized spacial score (nSPS) is 15.9. The maximum Gasteiger partial charge on any atom is 0.323 e. The Morgan fingerprint density at radius 3 is 2.66 bits per heavy atom. The molecule has 4 rings (SSSR count). The highest BCUT2D eigenvalue weighted by Gasteiger charge is 2.30. The Labute approximate surface area is 165 Å². The molecule has 3 aromatic rings. The van der Waals surface area contributed by atoms with Gasteiger partial charge in [-0.1, -0.05) is 0 Å². The summed E-state index contributed by atoms with van der Waals surface area (Å²) in [5, 5.41) is 6.96. The molecule has 0 saturated heterocycles. The van der Waals surface area contributed by atoms with Crippen molar-refractivity contribution in [3.8, 4) is 11.1 Å². The highest BCUT2D eigenvalue weighted by atomic mass is 19.1. The number of carbonyl (C=O) groups excluding carboxylic acids is 1. The van der Waals surface area contributed by atoms with E-state index in [9.17, 15) is 18.0 Å². The summed E-state index contributed by atoms with van der Waals surface area (Å²) in [6.45, 7) is 4.05. The van der Waals surface area contributed by atoms with Gasteiger partial charge in [-0.15, -0.1) is 0 Å². The number of urea groups is 1. The minimum absolute atomic E-state index is 0.180. The number of hydrogen-bond acceptors (Lipinski definition) is 3. The van der Waals surface area contributed by atoms with Crippen molar-refractivity contribution in [1.29, 1.82) is 0 Å². The minimum atomic E-state index is -0.693. The van der Waals surface area contributed by atoms with Crippen LogP contribution in [0.25, 0.3) is 11.1 Å². The number of fused-ring (bicyclic) bond motifs is 1. The molecule has 1 N–H and O–H groups in total. The lowest BCUT2D eigenvalue weighted by Gasteiger charge is -2.34. The second-order valence-electron chi connectivity index (χ2n) is 7.04. The zero-order valence-electron chi connectivity index (χ0n) is 15.8. The number of hydrogen-bond donors (Lipinski definition) is 1. The Bertz CT molecular complexity index is 1100. The molecule has 1 aliphatic heterocycles. The van der Waals surface area contributed by atoms with Gasteiger partial charge in [0.2, 0.25) is 0 Å². The first kappa shape index (κ1) is 19.0. The molecule has 1 aromatic carbocycles. The molecule has 2 amide bonds. The number of aromatic nitrogens is 3. The number of rotatable bonds is 2. The number of nitrogens with one attached hydrogen (secondary N) is 1. The van der Waals surface area contributed by atoms with Gasteiger partial charge in [-0.05, 0) is 37.6 Å². The average molecular weight is 401 g/mol. The van der Waals surface area contributed by atoms with Crippen molar-refractivity contribution in [2.24, 2.45) is 0 Å². The molecule has 0 fully saturated rings. The molecule has 3 heterocycles. The van der Waals surface area contributed by atoms with Crippen molar-refractivity contribution in [3.05, 3.63) is 65.4 Å². The predicted molar refractivity (Wildman–Crippen MR) is 101 cm³/mol. The Kier molecular flexibility index (Phi) is 4.73. The van der Waals surface area contributed by atoms with E-state index in [0.29, 0.717) is 23.4 Å². The van der Waals surface area contributed by atoms with Gasteiger partial charge < -0.3 is 4.90 Å². The maximum absolute atomic E-state index is 14.3. The van der Waals surface area contributed by atoms with Crippen LogP contribution in [0.1, 0.15) is 18.2 Å². The Hall–Kier alpha value is -3.36. The average Bonchev–Trinajstić information content (AvgIpc) is 3.06. The molecule has 0 saturated carbocycles. The van der Waals surface area contributed by atoms with Gasteiger partial charge in [0.25, 0.3) is 0 Å². The molecule has 1 atom stereocenters. The summed E-state index contributed by atoms with van der Waals surface area (Å²) < 4.78 is 42.6. The molecule has 0 radical (unpaired) electrons. The fourth-order valence-electron chi connectivity index (χ4n) is 3.39. The van der Waals surface area contributed by atoms with Gasteiger partial charge in [0, 0.05) is 17.2 Å². The van der Waals surface area contributed by atoms with E-state index in [-0.39, 0.29) is 24.0 Å². The number of pyridine rings is 1. The van der Waals surface area contributed by atoms with Gasteiger partial charge in [-0.2, -0.15) is 5.10 Å². The lowest BCUT2D eigenvalue weighted by atomic mass is 10.0. The fraction of sp³-hybridized carbons (Fsp3) is 0.250. The standard InChI is InChI=1S/C20H18F3N5O/c1-11-5-19(24-8-17(11)23)26-20(29)27-10-18-15(7-25-28(18)9-12(27)2)14-4-3-13(21)6-16(14)22/h3-8,12H,9-10H2,1-2H3,(H,24,26,29). The molecule has 1 unspecified atom stereocenters. The summed E-state index contributed by atoms with van der Waals surface area (Å²) in [7, 11) is 0. The summed E-state index contributed by atoms with van der Waals surface area (Å²) >= 11 is 0. The van der Waals surface area contributed by atoms with Crippen molar-refractivity contribution < 1.29 is 18.0 Å². The number of carbonyl (C=O) groups is 1. The van der Waals surface area contributed by atoms with Crippen molar-refractivity contribution in [2.45, 2.75) is 33.0 Å². The summed E-state index contributed by atoms with van der Waals surface area (Å²) in [5.74, 6) is -1.57. The zero-order chi connectivity index (χ0) is 20.7. The van der Waals surface area contributed by atoms with E-state index < -0.39 is 23.5 Å². The highest BCUT2D eigenvalue weighted by molar-refractivity contribution is 5.88. The van der Waals surface area contributed by atoms with Crippen LogP contribution in [-0.2, 0) is 13.1 Å². The first-order chi connectivity index (χ1) is 13.8. The van der Waals surface area contributed by atoms with Crippen molar-refractivity contribution in [1.82, 2.24) is 19.7 Å². The molecule has 2 aromatic heterocycles. The molecule has 150 valence electrons.